The Balaban J connectivity index is 2.36. The summed E-state index contributed by atoms with van der Waals surface area (Å²) < 4.78 is 31.9. The van der Waals surface area contributed by atoms with E-state index in [1.807, 2.05) is 13.8 Å². The number of sulfonamides is 1. The number of nitrogens with one attached hydrogen (secondary N) is 1. The molecule has 1 aliphatic heterocycles. The summed E-state index contributed by atoms with van der Waals surface area (Å²) in [5, 5.41) is 5.96. The van der Waals surface area contributed by atoms with Crippen LogP contribution in [0.15, 0.2) is 11.2 Å². The molecule has 0 amide bonds. The van der Waals surface area contributed by atoms with Gasteiger partial charge in [-0.05, 0) is 32.6 Å². The Morgan fingerprint density at radius 1 is 1.48 bits per heavy atom. The summed E-state index contributed by atoms with van der Waals surface area (Å²) in [6, 6.07) is -0.0930. The molecular weight excluding hydrogens is 294 g/mol. The highest BCUT2D eigenvalue weighted by molar-refractivity contribution is 7.89. The van der Waals surface area contributed by atoms with E-state index in [0.29, 0.717) is 12.5 Å². The highest BCUT2D eigenvalue weighted by atomic mass is 32.2. The van der Waals surface area contributed by atoms with Crippen LogP contribution in [0.5, 0.6) is 0 Å². The molecular formula is C13H21N3O4S. The highest BCUT2D eigenvalue weighted by Crippen LogP contribution is 2.28. The molecule has 1 aromatic heterocycles. The maximum absolute atomic E-state index is 12.8. The van der Waals surface area contributed by atoms with Crippen molar-refractivity contribution in [2.75, 3.05) is 13.2 Å². The SMILES string of the molecule is CCOC(=O)c1cn[nH]c1S(=O)(=O)N1CC(C)CCC1C. The van der Waals surface area contributed by atoms with Gasteiger partial charge in [0.05, 0.1) is 12.8 Å². The zero-order valence-electron chi connectivity index (χ0n) is 12.5. The van der Waals surface area contributed by atoms with Crippen molar-refractivity contribution >= 4 is 16.0 Å². The molecule has 0 saturated carbocycles. The molecule has 2 atom stereocenters. The average Bonchev–Trinajstić information content (AvgIpc) is 2.92. The fourth-order valence-electron chi connectivity index (χ4n) is 2.53. The first-order valence-electron chi connectivity index (χ1n) is 7.10. The van der Waals surface area contributed by atoms with Crippen LogP contribution in [0.2, 0.25) is 0 Å². The molecule has 21 heavy (non-hydrogen) atoms. The molecule has 0 aromatic carbocycles. The van der Waals surface area contributed by atoms with Crippen molar-refractivity contribution in [3.8, 4) is 0 Å². The number of rotatable bonds is 4. The summed E-state index contributed by atoms with van der Waals surface area (Å²) in [4.78, 5) is 11.8. The van der Waals surface area contributed by atoms with E-state index in [1.54, 1.807) is 6.92 Å². The zero-order chi connectivity index (χ0) is 15.6. The van der Waals surface area contributed by atoms with Crippen LogP contribution in [-0.2, 0) is 14.8 Å². The standard InChI is InChI=1S/C13H21N3O4S/c1-4-20-13(17)11-7-14-15-12(11)21(18,19)16-8-9(2)5-6-10(16)3/h7,9-10H,4-6,8H2,1-3H3,(H,14,15). The maximum Gasteiger partial charge on any atom is 0.342 e. The van der Waals surface area contributed by atoms with Crippen molar-refractivity contribution in [1.29, 1.82) is 0 Å². The second kappa shape index (κ2) is 6.15. The third-order valence-corrected chi connectivity index (χ3v) is 5.68. The molecule has 0 spiro atoms. The number of aromatic nitrogens is 2. The van der Waals surface area contributed by atoms with Crippen molar-refractivity contribution in [3.63, 3.8) is 0 Å². The van der Waals surface area contributed by atoms with Gasteiger partial charge in [0, 0.05) is 12.6 Å². The number of ether oxygens (including phenoxy) is 1. The smallest absolute Gasteiger partial charge is 0.342 e. The van der Waals surface area contributed by atoms with Gasteiger partial charge in [0.15, 0.2) is 5.03 Å². The summed E-state index contributed by atoms with van der Waals surface area (Å²) >= 11 is 0. The third-order valence-electron chi connectivity index (χ3n) is 3.73. The van der Waals surface area contributed by atoms with E-state index in [9.17, 15) is 13.2 Å². The van der Waals surface area contributed by atoms with Crippen LogP contribution < -0.4 is 0 Å². The van der Waals surface area contributed by atoms with E-state index in [1.165, 1.54) is 10.5 Å². The minimum Gasteiger partial charge on any atom is -0.462 e. The predicted molar refractivity (Wildman–Crippen MR) is 76.3 cm³/mol. The quantitative estimate of drug-likeness (QED) is 0.848. The van der Waals surface area contributed by atoms with E-state index < -0.39 is 16.0 Å². The number of esters is 1. The number of piperidine rings is 1. The van der Waals surface area contributed by atoms with E-state index in [0.717, 1.165) is 12.8 Å². The van der Waals surface area contributed by atoms with E-state index in [2.05, 4.69) is 10.2 Å². The second-order valence-electron chi connectivity index (χ2n) is 5.44. The summed E-state index contributed by atoms with van der Waals surface area (Å²) in [6.07, 6.45) is 3.01. The molecule has 2 heterocycles. The Labute approximate surface area is 124 Å². The Kier molecular flexibility index (Phi) is 4.67. The van der Waals surface area contributed by atoms with Crippen LogP contribution in [0.4, 0.5) is 0 Å². The number of aromatic amines is 1. The number of H-pyrrole nitrogens is 1. The van der Waals surface area contributed by atoms with Gasteiger partial charge >= 0.3 is 5.97 Å². The topological polar surface area (TPSA) is 92.4 Å². The first-order chi connectivity index (χ1) is 9.87. The van der Waals surface area contributed by atoms with Gasteiger partial charge in [-0.15, -0.1) is 0 Å². The van der Waals surface area contributed by atoms with Gasteiger partial charge in [-0.3, -0.25) is 5.10 Å². The molecule has 2 unspecified atom stereocenters. The molecule has 7 nitrogen and oxygen atoms in total. The zero-order valence-corrected chi connectivity index (χ0v) is 13.3. The van der Waals surface area contributed by atoms with Crippen LogP contribution in [0.1, 0.15) is 44.0 Å². The minimum atomic E-state index is -3.78. The first-order valence-corrected chi connectivity index (χ1v) is 8.54. The van der Waals surface area contributed by atoms with Crippen molar-refractivity contribution in [2.24, 2.45) is 5.92 Å². The van der Waals surface area contributed by atoms with Crippen molar-refractivity contribution in [2.45, 2.75) is 44.7 Å². The summed E-state index contributed by atoms with van der Waals surface area (Å²) in [6.45, 7) is 6.20. The summed E-state index contributed by atoms with van der Waals surface area (Å²) in [7, 11) is -3.78. The predicted octanol–water partition coefficient (Wildman–Crippen LogP) is 1.40. The lowest BCUT2D eigenvalue weighted by Crippen LogP contribution is -2.45. The fraction of sp³-hybridized carbons (Fsp3) is 0.692. The number of hydrogen-bond donors (Lipinski definition) is 1. The molecule has 1 aromatic rings. The molecule has 1 saturated heterocycles. The van der Waals surface area contributed by atoms with Crippen LogP contribution in [0.25, 0.3) is 0 Å². The molecule has 1 N–H and O–H groups in total. The van der Waals surface area contributed by atoms with Crippen LogP contribution in [0, 0.1) is 5.92 Å². The first kappa shape index (κ1) is 16.0. The highest BCUT2D eigenvalue weighted by Gasteiger charge is 2.37. The number of hydrogen-bond acceptors (Lipinski definition) is 5. The van der Waals surface area contributed by atoms with Gasteiger partial charge in [0.1, 0.15) is 5.56 Å². The molecule has 0 bridgehead atoms. The lowest BCUT2D eigenvalue weighted by Gasteiger charge is -2.35. The van der Waals surface area contributed by atoms with Crippen molar-refractivity contribution in [3.05, 3.63) is 11.8 Å². The minimum absolute atomic E-state index is 0.0396. The Hall–Kier alpha value is -1.41. The fourth-order valence-corrected chi connectivity index (χ4v) is 4.37. The second-order valence-corrected chi connectivity index (χ2v) is 7.27. The van der Waals surface area contributed by atoms with Gasteiger partial charge in [0.25, 0.3) is 10.0 Å². The Bertz CT molecular complexity index is 611. The number of carbonyl (C=O) groups excluding carboxylic acids is 1. The molecule has 0 radical (unpaired) electrons. The van der Waals surface area contributed by atoms with Gasteiger partial charge in [-0.1, -0.05) is 6.92 Å². The Morgan fingerprint density at radius 3 is 2.86 bits per heavy atom. The van der Waals surface area contributed by atoms with Gasteiger partial charge < -0.3 is 4.74 Å². The lowest BCUT2D eigenvalue weighted by atomic mass is 9.97. The monoisotopic (exact) mass is 315 g/mol. The number of nitrogens with zero attached hydrogens (tertiary/aromatic N) is 2. The van der Waals surface area contributed by atoms with Crippen molar-refractivity contribution in [1.82, 2.24) is 14.5 Å². The molecule has 1 fully saturated rings. The largest absolute Gasteiger partial charge is 0.462 e. The van der Waals surface area contributed by atoms with Crippen LogP contribution in [-0.4, -0.2) is 48.1 Å². The van der Waals surface area contributed by atoms with Crippen molar-refractivity contribution < 1.29 is 17.9 Å². The van der Waals surface area contributed by atoms with E-state index in [4.69, 9.17) is 4.74 Å². The summed E-state index contributed by atoms with van der Waals surface area (Å²) in [5.74, 6) is -0.382. The number of carbonyl (C=O) groups is 1. The maximum atomic E-state index is 12.8. The molecule has 0 aliphatic carbocycles. The normalized spacial score (nSPS) is 24.0. The molecule has 8 heteroatoms. The third kappa shape index (κ3) is 3.11. The molecule has 1 aliphatic rings. The van der Waals surface area contributed by atoms with Gasteiger partial charge in [-0.25, -0.2) is 13.2 Å². The van der Waals surface area contributed by atoms with E-state index >= 15 is 0 Å². The average molecular weight is 315 g/mol. The van der Waals surface area contributed by atoms with Crippen LogP contribution >= 0.6 is 0 Å². The van der Waals surface area contributed by atoms with Gasteiger partial charge in [0.2, 0.25) is 0 Å². The van der Waals surface area contributed by atoms with E-state index in [-0.39, 0.29) is 23.2 Å². The molecule has 2 rings (SSSR count). The molecule has 118 valence electrons. The summed E-state index contributed by atoms with van der Waals surface area (Å²) in [5.41, 5.74) is -0.0396. The van der Waals surface area contributed by atoms with Gasteiger partial charge in [-0.2, -0.15) is 9.40 Å². The van der Waals surface area contributed by atoms with Crippen LogP contribution in [0.3, 0.4) is 0 Å². The lowest BCUT2D eigenvalue weighted by molar-refractivity contribution is 0.0521. The Morgan fingerprint density at radius 2 is 2.19 bits per heavy atom.